The van der Waals surface area contributed by atoms with E-state index >= 15 is 0 Å². The summed E-state index contributed by atoms with van der Waals surface area (Å²) in [7, 11) is 0. The minimum Gasteiger partial charge on any atom is -0.465 e. The molecule has 3 fully saturated rings. The number of hydrogen-bond donors (Lipinski definition) is 3. The molecule has 3 saturated heterocycles. The molecule has 0 spiro atoms. The number of nitrogens with zero attached hydrogens (tertiary/aromatic N) is 3. The lowest BCUT2D eigenvalue weighted by Gasteiger charge is -2.55. The van der Waals surface area contributed by atoms with E-state index in [0.717, 1.165) is 5.69 Å². The van der Waals surface area contributed by atoms with E-state index in [1.165, 1.54) is 4.90 Å². The van der Waals surface area contributed by atoms with Crippen molar-refractivity contribution in [2.45, 2.75) is 31.2 Å². The number of hydroxylamine groups is 1. The van der Waals surface area contributed by atoms with Crippen LogP contribution in [0.25, 0.3) is 0 Å². The third kappa shape index (κ3) is 4.24. The summed E-state index contributed by atoms with van der Waals surface area (Å²) in [6.45, 7) is 3.08. The van der Waals surface area contributed by atoms with E-state index in [4.69, 9.17) is 4.74 Å². The highest BCUT2D eigenvalue weighted by atomic mass is 16.5. The number of rotatable bonds is 4. The van der Waals surface area contributed by atoms with Gasteiger partial charge in [0, 0.05) is 51.6 Å². The van der Waals surface area contributed by atoms with Crippen LogP contribution < -0.4 is 10.4 Å². The van der Waals surface area contributed by atoms with Gasteiger partial charge in [-0.15, -0.1) is 0 Å². The van der Waals surface area contributed by atoms with Crippen molar-refractivity contribution in [2.24, 2.45) is 11.8 Å². The Kier molecular flexibility index (Phi) is 7.04. The highest BCUT2D eigenvalue weighted by Crippen LogP contribution is 2.45. The van der Waals surface area contributed by atoms with Crippen molar-refractivity contribution in [1.82, 2.24) is 15.3 Å². The van der Waals surface area contributed by atoms with Crippen LogP contribution in [-0.4, -0.2) is 89.5 Å². The average Bonchev–Trinajstić information content (AvgIpc) is 2.88. The lowest BCUT2D eigenvalue weighted by molar-refractivity contribution is -0.168. The molecule has 3 aliphatic rings. The zero-order valence-corrected chi connectivity index (χ0v) is 18.7. The van der Waals surface area contributed by atoms with Crippen LogP contribution in [0.15, 0.2) is 30.3 Å². The van der Waals surface area contributed by atoms with E-state index in [-0.39, 0.29) is 18.4 Å². The van der Waals surface area contributed by atoms with Gasteiger partial charge in [0.15, 0.2) is 0 Å². The van der Waals surface area contributed by atoms with Crippen molar-refractivity contribution in [3.05, 3.63) is 30.3 Å². The molecular formula is C23H32N4O6. The first kappa shape index (κ1) is 23.3. The summed E-state index contributed by atoms with van der Waals surface area (Å²) in [5, 5.41) is 19.6. The van der Waals surface area contributed by atoms with Crippen LogP contribution in [0.1, 0.15) is 25.7 Å². The Morgan fingerprint density at radius 2 is 1.64 bits per heavy atom. The Bertz CT molecular complexity index is 854. The molecule has 10 nitrogen and oxygen atoms in total. The zero-order valence-electron chi connectivity index (χ0n) is 18.7. The number of carboxylic acid groups (broad SMARTS) is 1. The third-order valence-corrected chi connectivity index (χ3v) is 7.38. The number of amides is 3. The number of likely N-dealkylation sites (tertiary alicyclic amines) is 1. The second-order valence-corrected chi connectivity index (χ2v) is 8.93. The molecule has 10 heteroatoms. The SMILES string of the molecule is O=C(NO)[C@H]1CCCN(C(=O)O)[C@@]1(C(=O)N1CCN(c2ccccc2)CC1)C1CCOCC1. The number of carbonyl (C=O) groups is 3. The molecule has 3 aliphatic heterocycles. The van der Waals surface area contributed by atoms with Crippen LogP contribution in [0.5, 0.6) is 0 Å². The average molecular weight is 461 g/mol. The predicted octanol–water partition coefficient (Wildman–Crippen LogP) is 1.40. The van der Waals surface area contributed by atoms with Gasteiger partial charge < -0.3 is 19.6 Å². The summed E-state index contributed by atoms with van der Waals surface area (Å²) in [6, 6.07) is 9.94. The molecule has 2 atom stereocenters. The number of carbonyl (C=O) groups excluding carboxylic acids is 2. The van der Waals surface area contributed by atoms with Gasteiger partial charge in [-0.05, 0) is 43.7 Å². The van der Waals surface area contributed by atoms with Crippen molar-refractivity contribution in [1.29, 1.82) is 0 Å². The second-order valence-electron chi connectivity index (χ2n) is 8.93. The summed E-state index contributed by atoms with van der Waals surface area (Å²) in [6.07, 6.45) is 0.532. The molecule has 1 aromatic rings. The molecule has 4 rings (SSSR count). The first-order valence-corrected chi connectivity index (χ1v) is 11.6. The molecule has 0 aliphatic carbocycles. The van der Waals surface area contributed by atoms with Gasteiger partial charge in [-0.2, -0.15) is 0 Å². The van der Waals surface area contributed by atoms with Crippen molar-refractivity contribution >= 4 is 23.6 Å². The van der Waals surface area contributed by atoms with Crippen LogP contribution in [0.4, 0.5) is 10.5 Å². The maximum atomic E-state index is 14.3. The van der Waals surface area contributed by atoms with E-state index in [2.05, 4.69) is 4.90 Å². The third-order valence-electron chi connectivity index (χ3n) is 7.38. The molecule has 3 amide bonds. The largest absolute Gasteiger partial charge is 0.465 e. The topological polar surface area (TPSA) is 123 Å². The number of hydrogen-bond acceptors (Lipinski definition) is 6. The summed E-state index contributed by atoms with van der Waals surface area (Å²) >= 11 is 0. The Morgan fingerprint density at radius 3 is 2.24 bits per heavy atom. The molecule has 1 aromatic carbocycles. The van der Waals surface area contributed by atoms with E-state index < -0.39 is 23.5 Å². The maximum Gasteiger partial charge on any atom is 0.408 e. The fraction of sp³-hybridized carbons (Fsp3) is 0.609. The lowest BCUT2D eigenvalue weighted by Crippen LogP contribution is -2.73. The van der Waals surface area contributed by atoms with E-state index in [9.17, 15) is 24.7 Å². The number of benzene rings is 1. The Hall–Kier alpha value is -2.85. The number of para-hydroxylation sites is 1. The van der Waals surface area contributed by atoms with Gasteiger partial charge in [-0.1, -0.05) is 18.2 Å². The Balaban J connectivity index is 1.67. The fourth-order valence-electron chi connectivity index (χ4n) is 5.85. The van der Waals surface area contributed by atoms with Crippen LogP contribution in [0.2, 0.25) is 0 Å². The van der Waals surface area contributed by atoms with Crippen LogP contribution in [0.3, 0.4) is 0 Å². The van der Waals surface area contributed by atoms with Crippen LogP contribution >= 0.6 is 0 Å². The number of ether oxygens (including phenoxy) is 1. The van der Waals surface area contributed by atoms with E-state index in [1.807, 2.05) is 30.3 Å². The van der Waals surface area contributed by atoms with Crippen molar-refractivity contribution in [2.75, 3.05) is 50.8 Å². The van der Waals surface area contributed by atoms with Gasteiger partial charge in [-0.25, -0.2) is 10.3 Å². The van der Waals surface area contributed by atoms with Gasteiger partial charge in [0.05, 0.1) is 5.92 Å². The number of anilines is 1. The van der Waals surface area contributed by atoms with Crippen LogP contribution in [0, 0.1) is 11.8 Å². The minimum atomic E-state index is -1.56. The highest BCUT2D eigenvalue weighted by Gasteiger charge is 2.62. The smallest absolute Gasteiger partial charge is 0.408 e. The fourth-order valence-corrected chi connectivity index (χ4v) is 5.85. The monoisotopic (exact) mass is 460 g/mol. The minimum absolute atomic E-state index is 0.178. The predicted molar refractivity (Wildman–Crippen MR) is 119 cm³/mol. The van der Waals surface area contributed by atoms with Gasteiger partial charge in [0.2, 0.25) is 11.8 Å². The van der Waals surface area contributed by atoms with Gasteiger partial charge >= 0.3 is 6.09 Å². The molecule has 0 unspecified atom stereocenters. The first-order chi connectivity index (χ1) is 16.0. The van der Waals surface area contributed by atoms with Gasteiger partial charge in [-0.3, -0.25) is 19.7 Å². The Morgan fingerprint density at radius 1 is 0.970 bits per heavy atom. The molecule has 180 valence electrons. The zero-order chi connectivity index (χ0) is 23.4. The molecule has 3 heterocycles. The van der Waals surface area contributed by atoms with Gasteiger partial charge in [0.1, 0.15) is 5.54 Å². The van der Waals surface area contributed by atoms with Crippen molar-refractivity contribution in [3.8, 4) is 0 Å². The molecule has 0 aromatic heterocycles. The quantitative estimate of drug-likeness (QED) is 0.458. The number of piperazine rings is 1. The first-order valence-electron chi connectivity index (χ1n) is 11.6. The van der Waals surface area contributed by atoms with Crippen LogP contribution in [-0.2, 0) is 14.3 Å². The summed E-state index contributed by atoms with van der Waals surface area (Å²) < 4.78 is 5.49. The molecule has 3 N–H and O–H groups in total. The molecule has 33 heavy (non-hydrogen) atoms. The summed E-state index contributed by atoms with van der Waals surface area (Å²) in [4.78, 5) is 44.6. The molecular weight excluding hydrogens is 428 g/mol. The normalized spacial score (nSPS) is 26.7. The summed E-state index contributed by atoms with van der Waals surface area (Å²) in [5.74, 6) is -2.37. The lowest BCUT2D eigenvalue weighted by atomic mass is 9.64. The van der Waals surface area contributed by atoms with Crippen molar-refractivity contribution < 1.29 is 29.4 Å². The molecule has 0 radical (unpaired) electrons. The second kappa shape index (κ2) is 9.96. The maximum absolute atomic E-state index is 14.3. The van der Waals surface area contributed by atoms with Gasteiger partial charge in [0.25, 0.3) is 0 Å². The highest BCUT2D eigenvalue weighted by molar-refractivity contribution is 5.96. The summed E-state index contributed by atoms with van der Waals surface area (Å²) in [5.41, 5.74) is 1.22. The molecule has 0 bridgehead atoms. The number of nitrogens with one attached hydrogen (secondary N) is 1. The molecule has 0 saturated carbocycles. The van der Waals surface area contributed by atoms with Crippen molar-refractivity contribution in [3.63, 3.8) is 0 Å². The Labute approximate surface area is 193 Å². The standard InChI is InChI=1S/C23H32N4O6/c28-20(24-32)19-7-4-10-27(22(30)31)23(19,17-8-15-33-16-9-17)21(29)26-13-11-25(12-14-26)18-5-2-1-3-6-18/h1-3,5-6,17,19,32H,4,7-16H2,(H,24,28)(H,30,31)/t19-,23+/m1/s1. The number of piperidine rings is 1. The van der Waals surface area contributed by atoms with E-state index in [0.29, 0.717) is 65.1 Å². The van der Waals surface area contributed by atoms with E-state index in [1.54, 1.807) is 10.4 Å².